The molecule has 0 aromatic carbocycles. The van der Waals surface area contributed by atoms with Gasteiger partial charge in [-0.15, -0.1) is 13.2 Å². The van der Waals surface area contributed by atoms with Crippen LogP contribution in [-0.2, 0) is 18.5 Å². The fourth-order valence-electron chi connectivity index (χ4n) is 0. The van der Waals surface area contributed by atoms with Gasteiger partial charge < -0.3 is 0 Å². The van der Waals surface area contributed by atoms with Crippen LogP contribution in [0.15, 0.2) is 13.2 Å². The molecule has 6 heteroatoms. The maximum Gasteiger partial charge on any atom is 0.549 e. The zero-order valence-corrected chi connectivity index (χ0v) is 5.55. The highest BCUT2D eigenvalue weighted by Crippen LogP contribution is 0.915. The Bertz CT molecular complexity index is 137. The lowest BCUT2D eigenvalue weighted by atomic mass is 11.2. The molecule has 0 atom stereocenters. The Morgan fingerprint density at radius 1 is 1.00 bits per heavy atom. The largest absolute Gasteiger partial charge is 0.549 e. The third-order valence-electron chi connectivity index (χ3n) is 0.0417. The molecule has 0 unspecified atom stereocenters. The molecule has 0 spiro atoms. The van der Waals surface area contributed by atoms with Crippen LogP contribution in [-0.4, -0.2) is 32.1 Å². The van der Waals surface area contributed by atoms with Gasteiger partial charge in [-0.1, -0.05) is 14.9 Å². The van der Waals surface area contributed by atoms with Crippen molar-refractivity contribution in [3.8, 4) is 0 Å². The molecule has 0 aliphatic rings. The van der Waals surface area contributed by atoms with Crippen LogP contribution in [0.5, 0.6) is 0 Å². The van der Waals surface area contributed by atoms with Gasteiger partial charge in [-0.05, 0) is 11.0 Å². The summed E-state index contributed by atoms with van der Waals surface area (Å²) < 4.78 is 16.8. The number of hydrogen-bond donors (Lipinski definition) is 0. The van der Waals surface area contributed by atoms with Gasteiger partial charge in [-0.3, -0.25) is 8.92 Å². The molecule has 0 fully saturated rings. The molecule has 12 heavy (non-hydrogen) atoms. The van der Waals surface area contributed by atoms with Gasteiger partial charge in [0.15, 0.2) is 0 Å². The lowest BCUT2D eigenvalue weighted by Crippen LogP contribution is -1.38. The lowest BCUT2D eigenvalue weighted by Gasteiger charge is -1.07. The van der Waals surface area contributed by atoms with E-state index in [9.17, 15) is 0 Å². The van der Waals surface area contributed by atoms with Gasteiger partial charge in [-0.2, -0.15) is 0 Å². The minimum absolute atomic E-state index is 0. The minimum atomic E-state index is -1.42. The normalized spacial score (nSPS) is 2.00. The summed E-state index contributed by atoms with van der Waals surface area (Å²) in [6.07, 6.45) is 0. The molecule has 0 aliphatic carbocycles. The van der Waals surface area contributed by atoms with Crippen molar-refractivity contribution < 1.29 is 19.9 Å². The predicted octanol–water partition coefficient (Wildman–Crippen LogP) is -0.544. The van der Waals surface area contributed by atoms with Crippen LogP contribution in [0.25, 0.3) is 0 Å². The second-order valence-electron chi connectivity index (χ2n) is 0.287. The van der Waals surface area contributed by atoms with Gasteiger partial charge in [0, 0.05) is 1.43 Å². The first-order valence-electron chi connectivity index (χ1n) is 1.57. The Hall–Kier alpha value is -1.07. The van der Waals surface area contributed by atoms with E-state index in [0.717, 1.165) is 11.9 Å². The summed E-state index contributed by atoms with van der Waals surface area (Å²) in [6.45, 7) is 6.00. The van der Waals surface area contributed by atoms with Crippen molar-refractivity contribution in [2.45, 2.75) is 14.9 Å². The Kier molecular flexibility index (Phi) is 783. The average Bonchev–Trinajstić information content (AvgIpc) is 1.94. The molecule has 0 N–H and O–H groups in total. The molecule has 0 bridgehead atoms. The van der Waals surface area contributed by atoms with Gasteiger partial charge >= 0.3 is 9.29 Å². The van der Waals surface area contributed by atoms with E-state index in [4.69, 9.17) is 18.5 Å². The quantitative estimate of drug-likeness (QED) is 0.306. The number of hydrogen-bond acceptors (Lipinski definition) is 4. The molecule has 4 nitrogen and oxygen atoms in total. The molecule has 0 amide bonds. The Balaban J connectivity index is -0.00000000749. The molecular formula is C6H18O4Si2. The zero-order valence-electron chi connectivity index (χ0n) is 4.55. The van der Waals surface area contributed by atoms with Crippen molar-refractivity contribution in [3.05, 3.63) is 13.2 Å². The van der Waals surface area contributed by atoms with Crippen LogP contribution in [0, 0.1) is 0 Å². The van der Waals surface area contributed by atoms with Crippen LogP contribution >= 0.6 is 0 Å². The first-order chi connectivity index (χ1) is 4.33. The summed E-state index contributed by atoms with van der Waals surface area (Å²) >= 11 is 0. The lowest BCUT2D eigenvalue weighted by molar-refractivity contribution is 0.497. The van der Waals surface area contributed by atoms with E-state index in [-0.39, 0.29) is 27.2 Å². The van der Waals surface area contributed by atoms with Gasteiger partial charge in [-0.25, -0.2) is 9.59 Å². The van der Waals surface area contributed by atoms with Crippen molar-refractivity contribution >= 4 is 32.1 Å². The Morgan fingerprint density at radius 3 is 1.08 bits per heavy atom. The molecule has 74 valence electrons. The van der Waals surface area contributed by atoms with E-state index in [1.165, 1.54) is 0 Å². The monoisotopic (exact) mass is 211 g/mol. The summed E-state index contributed by atoms with van der Waals surface area (Å²) in [5.41, 5.74) is 0. The van der Waals surface area contributed by atoms with Crippen LogP contribution < -0.4 is 0 Å². The van der Waals surface area contributed by atoms with E-state index in [1.54, 1.807) is 0 Å². The molecule has 0 saturated carbocycles. The van der Waals surface area contributed by atoms with Crippen molar-refractivity contribution in [2.75, 3.05) is 0 Å². The molecule has 0 saturated heterocycles. The van der Waals surface area contributed by atoms with Gasteiger partial charge in [0.05, 0.1) is 0 Å². The predicted molar refractivity (Wildman–Crippen MR) is 56.7 cm³/mol. The molecule has 0 aromatic rings. The van der Waals surface area contributed by atoms with Gasteiger partial charge in [0.1, 0.15) is 0 Å². The topological polar surface area (TPSA) is 68.3 Å². The van der Waals surface area contributed by atoms with Gasteiger partial charge in [0.25, 0.3) is 0 Å². The summed E-state index contributed by atoms with van der Waals surface area (Å²) in [5, 5.41) is 0. The fourth-order valence-corrected chi connectivity index (χ4v) is 0. The highest BCUT2D eigenvalue weighted by atomic mass is 28.2. The Morgan fingerprint density at radius 2 is 1.08 bits per heavy atom. The SMILES string of the molecule is C.C.C=C.O=C=C=O.O=[Si]=O.[2HH].[SiH4]. The summed E-state index contributed by atoms with van der Waals surface area (Å²) in [6, 6.07) is 0. The first kappa shape index (κ1) is 44.3. The number of carbonyl (C=O) groups excluding carboxylic acids is 2. The maximum absolute atomic E-state index is 8.62. The summed E-state index contributed by atoms with van der Waals surface area (Å²) in [5.74, 6) is 1.75. The average molecular weight is 211 g/mol. The van der Waals surface area contributed by atoms with Crippen molar-refractivity contribution in [1.82, 2.24) is 0 Å². The zero-order chi connectivity index (χ0) is 8.12. The van der Waals surface area contributed by atoms with Crippen LogP contribution in [0.1, 0.15) is 16.3 Å². The Labute approximate surface area is 80.8 Å². The second kappa shape index (κ2) is 212. The molecule has 0 aromatic heterocycles. The summed E-state index contributed by atoms with van der Waals surface area (Å²) in [7, 11) is -1.42. The highest BCUT2D eigenvalue weighted by Gasteiger charge is 1.27. The summed E-state index contributed by atoms with van der Waals surface area (Å²) in [4.78, 5) is 17.2. The second-order valence-corrected chi connectivity index (χ2v) is 0.454. The van der Waals surface area contributed by atoms with E-state index in [2.05, 4.69) is 13.2 Å². The third kappa shape index (κ3) is 128000. The maximum atomic E-state index is 8.62. The first-order valence-corrected chi connectivity index (χ1v) is 2.38. The van der Waals surface area contributed by atoms with Crippen molar-refractivity contribution in [2.24, 2.45) is 0 Å². The molecule has 0 rings (SSSR count). The minimum Gasteiger partial charge on any atom is -0.274 e. The molecule has 0 radical (unpaired) electrons. The molecule has 0 aliphatic heterocycles. The van der Waals surface area contributed by atoms with E-state index < -0.39 is 9.29 Å². The van der Waals surface area contributed by atoms with E-state index in [1.807, 2.05) is 0 Å². The molecule has 0 heterocycles. The van der Waals surface area contributed by atoms with Crippen LogP contribution in [0.3, 0.4) is 0 Å². The smallest absolute Gasteiger partial charge is 0.274 e. The standard InChI is InChI=1S/C2O2.C2H4.2CH4.O2Si.H4Si.H2/c3-1-2-4;1-2;;;1-3-2;;/h;1-2H2;2*1H4;;1H4;1H/i;;;;;;1+1. The van der Waals surface area contributed by atoms with Crippen LogP contribution in [0.4, 0.5) is 0 Å². The third-order valence-corrected chi connectivity index (χ3v) is 0.0417. The van der Waals surface area contributed by atoms with Crippen molar-refractivity contribution in [3.63, 3.8) is 0 Å². The van der Waals surface area contributed by atoms with E-state index in [0.29, 0.717) is 0 Å². The van der Waals surface area contributed by atoms with Crippen molar-refractivity contribution in [1.29, 1.82) is 0 Å². The fraction of sp³-hybridized carbons (Fsp3) is 0.333. The number of rotatable bonds is 0. The molecular weight excluding hydrogens is 192 g/mol. The van der Waals surface area contributed by atoms with Crippen LogP contribution in [0.2, 0.25) is 0 Å². The van der Waals surface area contributed by atoms with E-state index >= 15 is 0 Å². The highest BCUT2D eigenvalue weighted by molar-refractivity contribution is 5.94. The van der Waals surface area contributed by atoms with Gasteiger partial charge in [0.2, 0.25) is 11.9 Å².